The normalized spacial score (nSPS) is 11.6. The van der Waals surface area contributed by atoms with E-state index < -0.39 is 0 Å². The first-order valence-corrected chi connectivity index (χ1v) is 14.9. The number of hydrogen-bond donors (Lipinski definition) is 0. The van der Waals surface area contributed by atoms with Crippen molar-refractivity contribution in [3.63, 3.8) is 0 Å². The Labute approximate surface area is 254 Å². The molecule has 0 aliphatic carbocycles. The van der Waals surface area contributed by atoms with Gasteiger partial charge in [-0.1, -0.05) is 97.1 Å². The maximum Gasteiger partial charge on any atom is 0.137 e. The second-order valence-electron chi connectivity index (χ2n) is 11.3. The summed E-state index contributed by atoms with van der Waals surface area (Å²) in [5.41, 5.74) is 6.18. The maximum atomic E-state index is 6.21. The number of benzene rings is 7. The fourth-order valence-corrected chi connectivity index (χ4v) is 6.45. The molecule has 0 unspecified atom stereocenters. The van der Waals surface area contributed by atoms with Crippen LogP contribution in [0.5, 0.6) is 0 Å². The fraction of sp³-hybridized carbons (Fsp3) is 0. The molecular weight excluding hydrogens is 536 g/mol. The first kappa shape index (κ1) is 24.6. The highest BCUT2D eigenvalue weighted by Crippen LogP contribution is 2.40. The summed E-state index contributed by atoms with van der Waals surface area (Å²) in [6, 6.07) is 53.6. The van der Waals surface area contributed by atoms with E-state index in [9.17, 15) is 0 Å². The van der Waals surface area contributed by atoms with E-state index in [1.54, 1.807) is 0 Å². The molecule has 0 aliphatic heterocycles. The molecule has 3 nitrogen and oxygen atoms in total. The van der Waals surface area contributed by atoms with Gasteiger partial charge in [-0.2, -0.15) is 0 Å². The van der Waals surface area contributed by atoms with Gasteiger partial charge >= 0.3 is 0 Å². The van der Waals surface area contributed by atoms with Crippen LogP contribution in [0.3, 0.4) is 0 Å². The number of pyridine rings is 1. The van der Waals surface area contributed by atoms with Gasteiger partial charge in [0.25, 0.3) is 0 Å². The molecule has 0 atom stereocenters. The lowest BCUT2D eigenvalue weighted by atomic mass is 9.99. The van der Waals surface area contributed by atoms with Gasteiger partial charge < -0.3 is 4.42 Å². The molecule has 0 spiro atoms. The molecular formula is C41H26N2O. The summed E-state index contributed by atoms with van der Waals surface area (Å²) in [7, 11) is 0. The van der Waals surface area contributed by atoms with Crippen LogP contribution in [0.1, 0.15) is 0 Å². The van der Waals surface area contributed by atoms with Crippen LogP contribution in [-0.2, 0) is 0 Å². The summed E-state index contributed by atoms with van der Waals surface area (Å²) in [6.45, 7) is 0. The Morgan fingerprint density at radius 2 is 1.11 bits per heavy atom. The van der Waals surface area contributed by atoms with Gasteiger partial charge in [0.1, 0.15) is 17.0 Å². The van der Waals surface area contributed by atoms with Gasteiger partial charge in [-0.25, -0.2) is 4.98 Å². The number of para-hydroxylation sites is 1. The standard InChI is InChI=1S/C41H26N2O/c1-2-8-27(9-3-1)32-18-21-41(42-26-32)43(33-19-16-28-10-4-5-11-30(28)22-33)34-20-17-29-14-15-31-23-40-38(25-37(31)36(29)24-34)35-12-6-7-13-39(35)44-40/h1-26H. The Balaban J connectivity index is 1.26. The predicted molar refractivity (Wildman–Crippen MR) is 184 cm³/mol. The minimum atomic E-state index is 0.864. The molecule has 0 aliphatic rings. The molecule has 9 rings (SSSR count). The number of hydrogen-bond acceptors (Lipinski definition) is 3. The van der Waals surface area contributed by atoms with Gasteiger partial charge in [0.15, 0.2) is 0 Å². The van der Waals surface area contributed by atoms with E-state index in [0.717, 1.165) is 55.6 Å². The van der Waals surface area contributed by atoms with Crippen molar-refractivity contribution in [2.75, 3.05) is 4.90 Å². The smallest absolute Gasteiger partial charge is 0.137 e. The van der Waals surface area contributed by atoms with E-state index in [-0.39, 0.29) is 0 Å². The van der Waals surface area contributed by atoms with E-state index >= 15 is 0 Å². The van der Waals surface area contributed by atoms with Crippen molar-refractivity contribution in [1.82, 2.24) is 4.98 Å². The summed E-state index contributed by atoms with van der Waals surface area (Å²) in [4.78, 5) is 7.27. The average molecular weight is 563 g/mol. The molecule has 7 aromatic carbocycles. The van der Waals surface area contributed by atoms with Crippen molar-refractivity contribution in [3.8, 4) is 11.1 Å². The van der Waals surface area contributed by atoms with Gasteiger partial charge in [-0.15, -0.1) is 0 Å². The largest absolute Gasteiger partial charge is 0.456 e. The molecule has 0 bridgehead atoms. The number of furan rings is 1. The van der Waals surface area contributed by atoms with Crippen molar-refractivity contribution in [2.24, 2.45) is 0 Å². The summed E-state index contributed by atoms with van der Waals surface area (Å²) in [6.07, 6.45) is 1.97. The van der Waals surface area contributed by atoms with Gasteiger partial charge in [0.05, 0.1) is 0 Å². The molecule has 0 radical (unpaired) electrons. The molecule has 0 saturated carbocycles. The molecule has 0 saturated heterocycles. The molecule has 3 heteroatoms. The van der Waals surface area contributed by atoms with Crippen molar-refractivity contribution >= 4 is 71.4 Å². The van der Waals surface area contributed by atoms with E-state index in [2.05, 4.69) is 138 Å². The Bertz CT molecular complexity index is 2490. The van der Waals surface area contributed by atoms with Crippen LogP contribution >= 0.6 is 0 Å². The zero-order chi connectivity index (χ0) is 29.0. The van der Waals surface area contributed by atoms with Crippen molar-refractivity contribution in [3.05, 3.63) is 158 Å². The highest BCUT2D eigenvalue weighted by atomic mass is 16.3. The van der Waals surface area contributed by atoms with Gasteiger partial charge in [-0.3, -0.25) is 4.90 Å². The SMILES string of the molecule is c1ccc(-c2ccc(N(c3ccc4ccccc4c3)c3ccc4ccc5cc6oc7ccccc7c6cc5c4c3)nc2)cc1. The zero-order valence-electron chi connectivity index (χ0n) is 23.8. The van der Waals surface area contributed by atoms with Crippen molar-refractivity contribution in [2.45, 2.75) is 0 Å². The van der Waals surface area contributed by atoms with E-state index in [1.807, 2.05) is 24.4 Å². The second kappa shape index (κ2) is 9.82. The second-order valence-corrected chi connectivity index (χ2v) is 11.3. The first-order chi connectivity index (χ1) is 21.8. The summed E-state index contributed by atoms with van der Waals surface area (Å²) < 4.78 is 6.21. The fourth-order valence-electron chi connectivity index (χ4n) is 6.45. The number of nitrogens with zero attached hydrogens (tertiary/aromatic N) is 2. The molecule has 9 aromatic rings. The lowest BCUT2D eigenvalue weighted by molar-refractivity contribution is 0.669. The lowest BCUT2D eigenvalue weighted by Gasteiger charge is -2.25. The molecule has 44 heavy (non-hydrogen) atoms. The highest BCUT2D eigenvalue weighted by molar-refractivity contribution is 6.17. The third-order valence-corrected chi connectivity index (χ3v) is 8.65. The van der Waals surface area contributed by atoms with Gasteiger partial charge in [0.2, 0.25) is 0 Å². The number of anilines is 3. The zero-order valence-corrected chi connectivity index (χ0v) is 23.8. The molecule has 2 aromatic heterocycles. The topological polar surface area (TPSA) is 29.3 Å². The van der Waals surface area contributed by atoms with Gasteiger partial charge in [-0.05, 0) is 92.5 Å². The predicted octanol–water partition coefficient (Wildman–Crippen LogP) is 11.6. The Kier molecular flexibility index (Phi) is 5.50. The summed E-state index contributed by atoms with van der Waals surface area (Å²) in [5.74, 6) is 0.864. The van der Waals surface area contributed by atoms with Crippen molar-refractivity contribution < 1.29 is 4.42 Å². The minimum Gasteiger partial charge on any atom is -0.456 e. The first-order valence-electron chi connectivity index (χ1n) is 14.9. The highest BCUT2D eigenvalue weighted by Gasteiger charge is 2.17. The third-order valence-electron chi connectivity index (χ3n) is 8.65. The van der Waals surface area contributed by atoms with Crippen LogP contribution in [-0.4, -0.2) is 4.98 Å². The minimum absolute atomic E-state index is 0.864. The van der Waals surface area contributed by atoms with E-state index in [4.69, 9.17) is 9.40 Å². The quantitative estimate of drug-likeness (QED) is 0.200. The van der Waals surface area contributed by atoms with E-state index in [1.165, 1.54) is 26.9 Å². The average Bonchev–Trinajstić information content (AvgIpc) is 3.45. The lowest BCUT2D eigenvalue weighted by Crippen LogP contribution is -2.11. The van der Waals surface area contributed by atoms with Crippen LogP contribution in [0.4, 0.5) is 17.2 Å². The van der Waals surface area contributed by atoms with Gasteiger partial charge in [0, 0.05) is 33.9 Å². The molecule has 2 heterocycles. The molecule has 206 valence electrons. The number of fused-ring (bicyclic) bond motifs is 7. The number of aromatic nitrogens is 1. The van der Waals surface area contributed by atoms with Crippen molar-refractivity contribution in [1.29, 1.82) is 0 Å². The van der Waals surface area contributed by atoms with Crippen LogP contribution in [0.15, 0.2) is 162 Å². The van der Waals surface area contributed by atoms with Crippen LogP contribution < -0.4 is 4.90 Å². The number of rotatable bonds is 4. The molecule has 0 fully saturated rings. The van der Waals surface area contributed by atoms with Crippen LogP contribution in [0, 0.1) is 0 Å². The molecule has 0 amide bonds. The third kappa shape index (κ3) is 4.02. The Hall–Kier alpha value is -5.93. The van der Waals surface area contributed by atoms with Crippen LogP contribution in [0.2, 0.25) is 0 Å². The Morgan fingerprint density at radius 3 is 1.98 bits per heavy atom. The molecule has 0 N–H and O–H groups in total. The summed E-state index contributed by atoms with van der Waals surface area (Å²) >= 11 is 0. The monoisotopic (exact) mass is 562 g/mol. The maximum absolute atomic E-state index is 6.21. The van der Waals surface area contributed by atoms with E-state index in [0.29, 0.717) is 0 Å². The Morgan fingerprint density at radius 1 is 0.409 bits per heavy atom. The van der Waals surface area contributed by atoms with Crippen LogP contribution in [0.25, 0.3) is 65.4 Å². The summed E-state index contributed by atoms with van der Waals surface area (Å²) in [5, 5.41) is 9.42.